The van der Waals surface area contributed by atoms with E-state index in [2.05, 4.69) is 6.92 Å². The SMILES string of the molecule is CCCCCCC(=O)OCCOCCOCCOC(C)=O. The van der Waals surface area contributed by atoms with E-state index in [4.69, 9.17) is 18.9 Å². The van der Waals surface area contributed by atoms with Crippen molar-refractivity contribution >= 4 is 11.9 Å². The van der Waals surface area contributed by atoms with Crippen LogP contribution in [-0.4, -0.2) is 51.6 Å². The van der Waals surface area contributed by atoms with Crippen LogP contribution in [0.15, 0.2) is 0 Å². The van der Waals surface area contributed by atoms with Crippen LogP contribution in [0.5, 0.6) is 0 Å². The molecule has 0 aromatic carbocycles. The Morgan fingerprint density at radius 3 is 1.90 bits per heavy atom. The monoisotopic (exact) mass is 304 g/mol. The summed E-state index contributed by atoms with van der Waals surface area (Å²) in [7, 11) is 0. The second-order valence-electron chi connectivity index (χ2n) is 4.60. The Bertz CT molecular complexity index is 267. The van der Waals surface area contributed by atoms with Crippen molar-refractivity contribution < 1.29 is 28.5 Å². The van der Waals surface area contributed by atoms with E-state index in [1.165, 1.54) is 6.92 Å². The van der Waals surface area contributed by atoms with Crippen molar-refractivity contribution in [1.29, 1.82) is 0 Å². The fourth-order valence-electron chi connectivity index (χ4n) is 1.55. The number of hydrogen-bond donors (Lipinski definition) is 0. The number of esters is 2. The molecular weight excluding hydrogens is 276 g/mol. The number of hydrogen-bond acceptors (Lipinski definition) is 6. The summed E-state index contributed by atoms with van der Waals surface area (Å²) in [5.74, 6) is -0.473. The quantitative estimate of drug-likeness (QED) is 0.361. The minimum Gasteiger partial charge on any atom is -0.463 e. The van der Waals surface area contributed by atoms with Crippen molar-refractivity contribution in [3.05, 3.63) is 0 Å². The fourth-order valence-corrected chi connectivity index (χ4v) is 1.55. The van der Waals surface area contributed by atoms with E-state index >= 15 is 0 Å². The van der Waals surface area contributed by atoms with Crippen LogP contribution in [0.25, 0.3) is 0 Å². The number of carbonyl (C=O) groups is 2. The molecule has 0 aliphatic carbocycles. The first-order valence-corrected chi connectivity index (χ1v) is 7.61. The Labute approximate surface area is 127 Å². The predicted octanol–water partition coefficient (Wildman–Crippen LogP) is 2.10. The molecule has 0 bridgehead atoms. The predicted molar refractivity (Wildman–Crippen MR) is 78.0 cm³/mol. The van der Waals surface area contributed by atoms with E-state index < -0.39 is 0 Å². The van der Waals surface area contributed by atoms with Gasteiger partial charge in [0.15, 0.2) is 0 Å². The summed E-state index contributed by atoms with van der Waals surface area (Å²) in [6.45, 7) is 5.60. The number of ether oxygens (including phenoxy) is 4. The van der Waals surface area contributed by atoms with E-state index in [-0.39, 0.29) is 25.2 Å². The fraction of sp³-hybridized carbons (Fsp3) is 0.867. The molecule has 0 aromatic rings. The van der Waals surface area contributed by atoms with E-state index in [9.17, 15) is 9.59 Å². The zero-order valence-electron chi connectivity index (χ0n) is 13.2. The van der Waals surface area contributed by atoms with Crippen molar-refractivity contribution in [3.8, 4) is 0 Å². The second kappa shape index (κ2) is 15.3. The lowest BCUT2D eigenvalue weighted by atomic mass is 10.2. The zero-order chi connectivity index (χ0) is 15.8. The van der Waals surface area contributed by atoms with Gasteiger partial charge in [0.1, 0.15) is 13.2 Å². The van der Waals surface area contributed by atoms with Crippen molar-refractivity contribution in [3.63, 3.8) is 0 Å². The molecule has 0 unspecified atom stereocenters. The summed E-state index contributed by atoms with van der Waals surface area (Å²) in [5, 5.41) is 0. The molecule has 0 atom stereocenters. The molecule has 0 N–H and O–H groups in total. The molecule has 0 saturated heterocycles. The average molecular weight is 304 g/mol. The van der Waals surface area contributed by atoms with Gasteiger partial charge in [-0.1, -0.05) is 26.2 Å². The molecule has 0 saturated carbocycles. The lowest BCUT2D eigenvalue weighted by Crippen LogP contribution is -2.14. The third kappa shape index (κ3) is 16.8. The van der Waals surface area contributed by atoms with Crippen LogP contribution in [0.4, 0.5) is 0 Å². The van der Waals surface area contributed by atoms with Crippen LogP contribution < -0.4 is 0 Å². The maximum atomic E-state index is 11.3. The van der Waals surface area contributed by atoms with Gasteiger partial charge in [-0.2, -0.15) is 0 Å². The van der Waals surface area contributed by atoms with Crippen molar-refractivity contribution in [2.45, 2.75) is 46.0 Å². The highest BCUT2D eigenvalue weighted by molar-refractivity contribution is 5.69. The Hall–Kier alpha value is -1.14. The van der Waals surface area contributed by atoms with Crippen LogP contribution >= 0.6 is 0 Å². The minimum absolute atomic E-state index is 0.160. The highest BCUT2D eigenvalue weighted by atomic mass is 16.6. The summed E-state index contributed by atoms with van der Waals surface area (Å²) >= 11 is 0. The molecular formula is C15H28O6. The lowest BCUT2D eigenvalue weighted by Gasteiger charge is -2.07. The van der Waals surface area contributed by atoms with Crippen molar-refractivity contribution in [2.75, 3.05) is 39.6 Å². The molecule has 0 heterocycles. The van der Waals surface area contributed by atoms with Gasteiger partial charge in [-0.3, -0.25) is 9.59 Å². The van der Waals surface area contributed by atoms with E-state index in [1.807, 2.05) is 0 Å². The maximum absolute atomic E-state index is 11.3. The summed E-state index contributed by atoms with van der Waals surface area (Å²) in [6.07, 6.45) is 4.77. The van der Waals surface area contributed by atoms with Crippen LogP contribution in [0.1, 0.15) is 46.0 Å². The molecule has 0 rings (SSSR count). The topological polar surface area (TPSA) is 71.1 Å². The summed E-state index contributed by atoms with van der Waals surface area (Å²) < 4.78 is 20.2. The third-order valence-corrected chi connectivity index (χ3v) is 2.63. The van der Waals surface area contributed by atoms with Gasteiger partial charge < -0.3 is 18.9 Å². The van der Waals surface area contributed by atoms with Gasteiger partial charge in [0, 0.05) is 13.3 Å². The smallest absolute Gasteiger partial charge is 0.305 e. The third-order valence-electron chi connectivity index (χ3n) is 2.63. The number of carbonyl (C=O) groups excluding carboxylic acids is 2. The van der Waals surface area contributed by atoms with Crippen molar-refractivity contribution in [1.82, 2.24) is 0 Å². The normalized spacial score (nSPS) is 10.4. The van der Waals surface area contributed by atoms with Crippen LogP contribution in [0.2, 0.25) is 0 Å². The van der Waals surface area contributed by atoms with Crippen molar-refractivity contribution in [2.24, 2.45) is 0 Å². The van der Waals surface area contributed by atoms with Crippen LogP contribution in [0, 0.1) is 0 Å². The Balaban J connectivity index is 3.14. The van der Waals surface area contributed by atoms with Gasteiger partial charge in [-0.15, -0.1) is 0 Å². The molecule has 0 aliphatic heterocycles. The molecule has 0 aromatic heterocycles. The largest absolute Gasteiger partial charge is 0.463 e. The molecule has 0 fully saturated rings. The molecule has 0 radical (unpaired) electrons. The van der Waals surface area contributed by atoms with Gasteiger partial charge in [-0.25, -0.2) is 0 Å². The average Bonchev–Trinajstić information content (AvgIpc) is 2.45. The summed E-state index contributed by atoms with van der Waals surface area (Å²) in [5.41, 5.74) is 0. The molecule has 6 nitrogen and oxygen atoms in total. The molecule has 21 heavy (non-hydrogen) atoms. The zero-order valence-corrected chi connectivity index (χ0v) is 13.2. The molecule has 6 heteroatoms. The van der Waals surface area contributed by atoms with Gasteiger partial charge in [0.2, 0.25) is 0 Å². The van der Waals surface area contributed by atoms with Crippen LogP contribution in [0.3, 0.4) is 0 Å². The van der Waals surface area contributed by atoms with E-state index in [1.54, 1.807) is 0 Å². The first-order chi connectivity index (χ1) is 10.2. The first-order valence-electron chi connectivity index (χ1n) is 7.61. The van der Waals surface area contributed by atoms with Gasteiger partial charge in [0.25, 0.3) is 0 Å². The van der Waals surface area contributed by atoms with Crippen LogP contribution in [-0.2, 0) is 28.5 Å². The first kappa shape index (κ1) is 19.9. The summed E-state index contributed by atoms with van der Waals surface area (Å²) in [6, 6.07) is 0. The number of unbranched alkanes of at least 4 members (excludes halogenated alkanes) is 3. The Morgan fingerprint density at radius 2 is 1.33 bits per heavy atom. The Morgan fingerprint density at radius 1 is 0.762 bits per heavy atom. The minimum atomic E-state index is -0.314. The standard InChI is InChI=1S/C15H28O6/c1-3-4-5-6-7-15(17)21-13-11-19-9-8-18-10-12-20-14(2)16/h3-13H2,1-2H3. The molecule has 0 aliphatic rings. The number of rotatable bonds is 14. The van der Waals surface area contributed by atoms with Gasteiger partial charge >= 0.3 is 11.9 Å². The van der Waals surface area contributed by atoms with Gasteiger partial charge in [0.05, 0.1) is 26.4 Å². The molecule has 0 spiro atoms. The maximum Gasteiger partial charge on any atom is 0.305 e. The second-order valence-corrected chi connectivity index (χ2v) is 4.60. The van der Waals surface area contributed by atoms with E-state index in [0.29, 0.717) is 32.8 Å². The Kier molecular flexibility index (Phi) is 14.4. The molecule has 0 amide bonds. The lowest BCUT2D eigenvalue weighted by molar-refractivity contribution is -0.146. The van der Waals surface area contributed by atoms with Gasteiger partial charge in [-0.05, 0) is 6.42 Å². The highest BCUT2D eigenvalue weighted by Crippen LogP contribution is 2.03. The molecule has 124 valence electrons. The van der Waals surface area contributed by atoms with E-state index in [0.717, 1.165) is 25.7 Å². The highest BCUT2D eigenvalue weighted by Gasteiger charge is 2.02. The summed E-state index contributed by atoms with van der Waals surface area (Å²) in [4.78, 5) is 21.8.